The van der Waals surface area contributed by atoms with Crippen LogP contribution in [0.5, 0.6) is 0 Å². The van der Waals surface area contributed by atoms with Gasteiger partial charge < -0.3 is 10.6 Å². The summed E-state index contributed by atoms with van der Waals surface area (Å²) in [6, 6.07) is 12.9. The highest BCUT2D eigenvalue weighted by Crippen LogP contribution is 2.36. The van der Waals surface area contributed by atoms with Crippen molar-refractivity contribution in [3.63, 3.8) is 0 Å². The molecule has 2 aromatic rings. The normalized spacial score (nSPS) is 19.0. The van der Waals surface area contributed by atoms with Gasteiger partial charge in [-0.1, -0.05) is 48.5 Å². The fraction of sp³-hybridized carbons (Fsp3) is 0.286. The molecule has 1 fully saturated rings. The van der Waals surface area contributed by atoms with Crippen LogP contribution in [0, 0.1) is 13.8 Å². The van der Waals surface area contributed by atoms with Crippen molar-refractivity contribution in [3.8, 4) is 0 Å². The summed E-state index contributed by atoms with van der Waals surface area (Å²) in [5, 5.41) is 4.34. The molecule has 0 spiro atoms. The number of halogens is 3. The lowest BCUT2D eigenvalue weighted by Crippen LogP contribution is -2.46. The summed E-state index contributed by atoms with van der Waals surface area (Å²) < 4.78 is 37.0. The van der Waals surface area contributed by atoms with Crippen LogP contribution in [0.4, 0.5) is 18.0 Å². The van der Waals surface area contributed by atoms with Gasteiger partial charge in [-0.2, -0.15) is 13.2 Å². The summed E-state index contributed by atoms with van der Waals surface area (Å²) in [6.07, 6.45) is -4.60. The van der Waals surface area contributed by atoms with Gasteiger partial charge in [0.15, 0.2) is 5.54 Å². The predicted molar refractivity (Wildman–Crippen MR) is 102 cm³/mol. The largest absolute Gasteiger partial charge is 0.405 e. The maximum absolute atomic E-state index is 13.4. The molecule has 1 aliphatic heterocycles. The Morgan fingerprint density at radius 3 is 2.30 bits per heavy atom. The Balaban J connectivity index is 1.98. The van der Waals surface area contributed by atoms with Gasteiger partial charge in [0, 0.05) is 0 Å². The molecule has 2 N–H and O–H groups in total. The number of hydrogen-bond acceptors (Lipinski definition) is 3. The van der Waals surface area contributed by atoms with Gasteiger partial charge in [0.2, 0.25) is 5.91 Å². The maximum atomic E-state index is 13.4. The SMILES string of the molecule is Cc1ccc([C@@]2(c3ccccc3)NC(=O)N(CC(=O)NCC(F)(F)F)C2=O)cc1C. The molecule has 30 heavy (non-hydrogen) atoms. The van der Waals surface area contributed by atoms with Crippen molar-refractivity contribution in [2.75, 3.05) is 13.1 Å². The van der Waals surface area contributed by atoms with Crippen LogP contribution in [0.2, 0.25) is 0 Å². The van der Waals surface area contributed by atoms with E-state index in [1.54, 1.807) is 47.8 Å². The summed E-state index contributed by atoms with van der Waals surface area (Å²) in [5.41, 5.74) is 1.27. The van der Waals surface area contributed by atoms with Gasteiger partial charge in [0.05, 0.1) is 0 Å². The zero-order chi connectivity index (χ0) is 22.1. The number of alkyl halides is 3. The summed E-state index contributed by atoms with van der Waals surface area (Å²) in [6.45, 7) is 1.40. The van der Waals surface area contributed by atoms with E-state index >= 15 is 0 Å². The number of benzene rings is 2. The van der Waals surface area contributed by atoms with Gasteiger partial charge in [-0.3, -0.25) is 14.5 Å². The van der Waals surface area contributed by atoms with Gasteiger partial charge in [0.25, 0.3) is 5.91 Å². The lowest BCUT2D eigenvalue weighted by Gasteiger charge is -2.28. The first kappa shape index (κ1) is 21.4. The molecule has 0 radical (unpaired) electrons. The summed E-state index contributed by atoms with van der Waals surface area (Å²) >= 11 is 0. The first-order valence-corrected chi connectivity index (χ1v) is 9.15. The van der Waals surface area contributed by atoms with E-state index in [2.05, 4.69) is 5.32 Å². The fourth-order valence-electron chi connectivity index (χ4n) is 3.34. The standard InChI is InChI=1S/C21H20F3N3O3/c1-13-8-9-16(10-14(13)2)21(15-6-4-3-5-7-15)18(29)27(19(30)26-21)11-17(28)25-12-20(22,23)24/h3-10H,11-12H2,1-2H3,(H,25,28)(H,26,30)/t21-/m1/s1. The number of urea groups is 1. The number of nitrogens with zero attached hydrogens (tertiary/aromatic N) is 1. The highest BCUT2D eigenvalue weighted by Gasteiger charge is 2.54. The Labute approximate surface area is 171 Å². The van der Waals surface area contributed by atoms with Gasteiger partial charge in [-0.05, 0) is 36.1 Å². The van der Waals surface area contributed by atoms with Crippen molar-refractivity contribution >= 4 is 17.8 Å². The van der Waals surface area contributed by atoms with E-state index in [4.69, 9.17) is 0 Å². The number of rotatable bonds is 5. The molecule has 4 amide bonds. The number of nitrogens with one attached hydrogen (secondary N) is 2. The molecule has 1 atom stereocenters. The monoisotopic (exact) mass is 419 g/mol. The lowest BCUT2D eigenvalue weighted by molar-refractivity contribution is -0.141. The van der Waals surface area contributed by atoms with Crippen LogP contribution >= 0.6 is 0 Å². The van der Waals surface area contributed by atoms with Crippen molar-refractivity contribution < 1.29 is 27.6 Å². The van der Waals surface area contributed by atoms with Gasteiger partial charge >= 0.3 is 12.2 Å². The first-order chi connectivity index (χ1) is 14.0. The average Bonchev–Trinajstić information content (AvgIpc) is 2.94. The zero-order valence-corrected chi connectivity index (χ0v) is 16.3. The van der Waals surface area contributed by atoms with Crippen molar-refractivity contribution in [1.29, 1.82) is 0 Å². The number of amides is 4. The maximum Gasteiger partial charge on any atom is 0.405 e. The molecular weight excluding hydrogens is 399 g/mol. The number of aryl methyl sites for hydroxylation is 2. The van der Waals surface area contributed by atoms with E-state index in [0.29, 0.717) is 16.0 Å². The number of imide groups is 1. The number of carbonyl (C=O) groups excluding carboxylic acids is 3. The van der Waals surface area contributed by atoms with Crippen LogP contribution in [0.15, 0.2) is 48.5 Å². The predicted octanol–water partition coefficient (Wildman–Crippen LogP) is 2.78. The first-order valence-electron chi connectivity index (χ1n) is 9.15. The van der Waals surface area contributed by atoms with Crippen LogP contribution in [-0.4, -0.2) is 42.0 Å². The number of hydrogen-bond donors (Lipinski definition) is 2. The molecule has 0 aliphatic carbocycles. The van der Waals surface area contributed by atoms with Crippen LogP contribution in [0.3, 0.4) is 0 Å². The van der Waals surface area contributed by atoms with Crippen molar-refractivity contribution in [2.24, 2.45) is 0 Å². The average molecular weight is 419 g/mol. The third-order valence-corrected chi connectivity index (χ3v) is 5.04. The fourth-order valence-corrected chi connectivity index (χ4v) is 3.34. The minimum atomic E-state index is -4.60. The molecule has 9 heteroatoms. The van der Waals surface area contributed by atoms with Crippen LogP contribution < -0.4 is 10.6 Å². The second-order valence-corrected chi connectivity index (χ2v) is 7.13. The Bertz CT molecular complexity index is 992. The van der Waals surface area contributed by atoms with Crippen molar-refractivity contribution in [1.82, 2.24) is 15.5 Å². The van der Waals surface area contributed by atoms with Gasteiger partial charge in [0.1, 0.15) is 13.1 Å². The molecule has 1 heterocycles. The minimum Gasteiger partial charge on any atom is -0.345 e. The lowest BCUT2D eigenvalue weighted by atomic mass is 9.81. The number of carbonyl (C=O) groups is 3. The van der Waals surface area contributed by atoms with E-state index in [1.165, 1.54) is 0 Å². The Morgan fingerprint density at radius 2 is 1.70 bits per heavy atom. The highest BCUT2D eigenvalue weighted by atomic mass is 19.4. The quantitative estimate of drug-likeness (QED) is 0.732. The minimum absolute atomic E-state index is 0.477. The van der Waals surface area contributed by atoms with Crippen LogP contribution in [0.25, 0.3) is 0 Å². The topological polar surface area (TPSA) is 78.5 Å². The van der Waals surface area contributed by atoms with Crippen LogP contribution in [0.1, 0.15) is 22.3 Å². The summed E-state index contributed by atoms with van der Waals surface area (Å²) in [7, 11) is 0. The van der Waals surface area contributed by atoms with Gasteiger partial charge in [-0.25, -0.2) is 4.79 Å². The van der Waals surface area contributed by atoms with E-state index in [1.807, 2.05) is 19.9 Å². The molecule has 0 aromatic heterocycles. The second kappa shape index (κ2) is 7.81. The van der Waals surface area contributed by atoms with Crippen molar-refractivity contribution in [3.05, 3.63) is 70.8 Å². The van der Waals surface area contributed by atoms with Crippen molar-refractivity contribution in [2.45, 2.75) is 25.6 Å². The van der Waals surface area contributed by atoms with Crippen LogP contribution in [-0.2, 0) is 15.1 Å². The summed E-state index contributed by atoms with van der Waals surface area (Å²) in [4.78, 5) is 38.6. The Kier molecular flexibility index (Phi) is 5.56. The zero-order valence-electron chi connectivity index (χ0n) is 16.3. The molecule has 0 bridgehead atoms. The second-order valence-electron chi connectivity index (χ2n) is 7.13. The smallest absolute Gasteiger partial charge is 0.345 e. The molecular formula is C21H20F3N3O3. The molecule has 158 valence electrons. The third kappa shape index (κ3) is 4.00. The molecule has 3 rings (SSSR count). The van der Waals surface area contributed by atoms with Gasteiger partial charge in [-0.15, -0.1) is 0 Å². The molecule has 1 aliphatic rings. The summed E-state index contributed by atoms with van der Waals surface area (Å²) in [5.74, 6) is -1.82. The Hall–Kier alpha value is -3.36. The van der Waals surface area contributed by atoms with E-state index in [-0.39, 0.29) is 0 Å². The third-order valence-electron chi connectivity index (χ3n) is 5.04. The van der Waals surface area contributed by atoms with E-state index in [9.17, 15) is 27.6 Å². The molecule has 6 nitrogen and oxygen atoms in total. The molecule has 0 saturated carbocycles. The highest BCUT2D eigenvalue weighted by molar-refractivity contribution is 6.11. The molecule has 0 unspecified atom stereocenters. The van der Waals surface area contributed by atoms with E-state index in [0.717, 1.165) is 11.1 Å². The van der Waals surface area contributed by atoms with E-state index < -0.39 is 42.7 Å². The Morgan fingerprint density at radius 1 is 1.03 bits per heavy atom. The molecule has 2 aromatic carbocycles. The molecule has 1 saturated heterocycles.